The van der Waals surface area contributed by atoms with E-state index in [0.29, 0.717) is 10.7 Å². The average Bonchev–Trinajstić information content (AvgIpc) is 2.30. The fourth-order valence-electron chi connectivity index (χ4n) is 1.21. The fraction of sp³-hybridized carbons (Fsp3) is 0.333. The van der Waals surface area contributed by atoms with Gasteiger partial charge in [-0.05, 0) is 44.3 Å². The zero-order valence-corrected chi connectivity index (χ0v) is 11.9. The highest BCUT2D eigenvalue weighted by molar-refractivity contribution is 7.80. The van der Waals surface area contributed by atoms with Crippen molar-refractivity contribution < 1.29 is 14.3 Å². The van der Waals surface area contributed by atoms with Crippen molar-refractivity contribution in [2.45, 2.75) is 20.0 Å². The van der Waals surface area contributed by atoms with Crippen LogP contribution < -0.4 is 5.32 Å². The molecule has 98 valence electrons. The van der Waals surface area contributed by atoms with Crippen LogP contribution in [0.3, 0.4) is 0 Å². The Kier molecular flexibility index (Phi) is 5.37. The number of carbonyl (C=O) groups is 1. The Hall–Kier alpha value is -1.33. The molecule has 18 heavy (non-hydrogen) atoms. The molecule has 1 rings (SSSR count). The Morgan fingerprint density at radius 2 is 2.11 bits per heavy atom. The topological polar surface area (TPSA) is 47.6 Å². The van der Waals surface area contributed by atoms with Gasteiger partial charge in [-0.3, -0.25) is 0 Å². The normalized spacial score (nSPS) is 10.1. The van der Waals surface area contributed by atoms with Crippen molar-refractivity contribution in [2.75, 3.05) is 12.4 Å². The highest BCUT2D eigenvalue weighted by Gasteiger charge is 2.14. The summed E-state index contributed by atoms with van der Waals surface area (Å²) in [6, 6.07) is 4.86. The SMILES string of the molecule is COC(=S)Nc1ccc(Cl)c(C(=O)OC(C)C)c1. The van der Waals surface area contributed by atoms with Gasteiger partial charge in [0.2, 0.25) is 0 Å². The molecule has 1 aromatic rings. The van der Waals surface area contributed by atoms with Gasteiger partial charge < -0.3 is 14.8 Å². The Labute approximate surface area is 116 Å². The molecule has 1 N–H and O–H groups in total. The van der Waals surface area contributed by atoms with E-state index in [9.17, 15) is 4.79 Å². The van der Waals surface area contributed by atoms with Crippen molar-refractivity contribution in [3.8, 4) is 0 Å². The molecule has 0 saturated heterocycles. The zero-order chi connectivity index (χ0) is 13.7. The van der Waals surface area contributed by atoms with Crippen LogP contribution in [0.15, 0.2) is 18.2 Å². The van der Waals surface area contributed by atoms with Gasteiger partial charge in [0.1, 0.15) is 0 Å². The molecule has 0 aromatic heterocycles. The van der Waals surface area contributed by atoms with Gasteiger partial charge in [-0.15, -0.1) is 0 Å². The zero-order valence-electron chi connectivity index (χ0n) is 10.3. The minimum absolute atomic E-state index is 0.203. The molecule has 0 aliphatic heterocycles. The average molecular weight is 288 g/mol. The van der Waals surface area contributed by atoms with Gasteiger partial charge in [0.05, 0.1) is 23.8 Å². The highest BCUT2D eigenvalue weighted by Crippen LogP contribution is 2.22. The molecule has 0 bridgehead atoms. The predicted molar refractivity (Wildman–Crippen MR) is 75.2 cm³/mol. The van der Waals surface area contributed by atoms with Gasteiger partial charge in [-0.1, -0.05) is 11.6 Å². The van der Waals surface area contributed by atoms with Gasteiger partial charge in [-0.25, -0.2) is 4.79 Å². The Morgan fingerprint density at radius 1 is 1.44 bits per heavy atom. The summed E-state index contributed by atoms with van der Waals surface area (Å²) in [7, 11) is 1.46. The molecule has 0 aliphatic rings. The van der Waals surface area contributed by atoms with E-state index < -0.39 is 5.97 Å². The summed E-state index contributed by atoms with van der Waals surface area (Å²) < 4.78 is 9.91. The molecule has 0 atom stereocenters. The molecule has 0 aliphatic carbocycles. The number of esters is 1. The Morgan fingerprint density at radius 3 is 2.67 bits per heavy atom. The summed E-state index contributed by atoms with van der Waals surface area (Å²) >= 11 is 10.8. The van der Waals surface area contributed by atoms with Crippen LogP contribution >= 0.6 is 23.8 Å². The number of carbonyl (C=O) groups excluding carboxylic acids is 1. The van der Waals surface area contributed by atoms with Crippen LogP contribution in [0.1, 0.15) is 24.2 Å². The van der Waals surface area contributed by atoms with E-state index in [1.165, 1.54) is 7.11 Å². The smallest absolute Gasteiger partial charge is 0.339 e. The fourth-order valence-corrected chi connectivity index (χ4v) is 1.52. The van der Waals surface area contributed by atoms with Crippen molar-refractivity contribution in [1.29, 1.82) is 0 Å². The second-order valence-electron chi connectivity index (χ2n) is 3.77. The third-order valence-corrected chi connectivity index (χ3v) is 2.56. The summed E-state index contributed by atoms with van der Waals surface area (Å²) in [5.74, 6) is -0.470. The molecular formula is C12H14ClNO3S. The maximum atomic E-state index is 11.8. The number of hydrogen-bond donors (Lipinski definition) is 1. The number of ether oxygens (including phenoxy) is 2. The van der Waals surface area contributed by atoms with Crippen LogP contribution in [-0.2, 0) is 9.47 Å². The number of methoxy groups -OCH3 is 1. The van der Waals surface area contributed by atoms with E-state index in [-0.39, 0.29) is 16.8 Å². The largest absolute Gasteiger partial charge is 0.474 e. The number of thiocarbonyl (C=S) groups is 1. The predicted octanol–water partition coefficient (Wildman–Crippen LogP) is 3.25. The first-order valence-electron chi connectivity index (χ1n) is 5.29. The van der Waals surface area contributed by atoms with E-state index in [0.717, 1.165) is 0 Å². The van der Waals surface area contributed by atoms with Gasteiger partial charge in [0.15, 0.2) is 0 Å². The van der Waals surface area contributed by atoms with Crippen molar-refractivity contribution in [1.82, 2.24) is 0 Å². The van der Waals surface area contributed by atoms with E-state index in [2.05, 4.69) is 5.32 Å². The molecule has 0 fully saturated rings. The molecule has 4 nitrogen and oxygen atoms in total. The highest BCUT2D eigenvalue weighted by atomic mass is 35.5. The van der Waals surface area contributed by atoms with Crippen LogP contribution in [0.25, 0.3) is 0 Å². The second kappa shape index (κ2) is 6.56. The molecular weight excluding hydrogens is 274 g/mol. The standard InChI is InChI=1S/C12H14ClNO3S/c1-7(2)17-11(15)9-6-8(4-5-10(9)13)14-12(18)16-3/h4-7H,1-3H3,(H,14,18). The van der Waals surface area contributed by atoms with Crippen LogP contribution in [0.4, 0.5) is 5.69 Å². The third kappa shape index (κ3) is 4.16. The third-order valence-electron chi connectivity index (χ3n) is 1.96. The number of rotatable bonds is 3. The first-order chi connectivity index (χ1) is 8.43. The molecule has 0 spiro atoms. The van der Waals surface area contributed by atoms with Crippen LogP contribution in [-0.4, -0.2) is 24.4 Å². The van der Waals surface area contributed by atoms with E-state index in [1.807, 2.05) is 0 Å². The lowest BCUT2D eigenvalue weighted by Crippen LogP contribution is -2.14. The first kappa shape index (κ1) is 14.7. The molecule has 0 heterocycles. The second-order valence-corrected chi connectivity index (χ2v) is 4.54. The summed E-state index contributed by atoms with van der Waals surface area (Å²) in [6.45, 7) is 3.54. The minimum Gasteiger partial charge on any atom is -0.474 e. The summed E-state index contributed by atoms with van der Waals surface area (Å²) in [5.41, 5.74) is 0.899. The van der Waals surface area contributed by atoms with E-state index in [4.69, 9.17) is 33.3 Å². The van der Waals surface area contributed by atoms with Gasteiger partial charge in [0, 0.05) is 5.69 Å². The molecule has 0 saturated carbocycles. The quantitative estimate of drug-likeness (QED) is 0.683. The molecule has 0 amide bonds. The number of hydrogen-bond acceptors (Lipinski definition) is 4. The number of nitrogens with one attached hydrogen (secondary N) is 1. The molecule has 6 heteroatoms. The number of halogens is 1. The van der Waals surface area contributed by atoms with Crippen LogP contribution in [0.2, 0.25) is 5.02 Å². The molecule has 1 aromatic carbocycles. The lowest BCUT2D eigenvalue weighted by Gasteiger charge is -2.11. The van der Waals surface area contributed by atoms with Gasteiger partial charge in [0.25, 0.3) is 5.17 Å². The minimum atomic E-state index is -0.470. The van der Waals surface area contributed by atoms with E-state index >= 15 is 0 Å². The summed E-state index contributed by atoms with van der Waals surface area (Å²) in [6.07, 6.45) is -0.203. The number of benzene rings is 1. The lowest BCUT2D eigenvalue weighted by molar-refractivity contribution is 0.0378. The van der Waals surface area contributed by atoms with Crippen molar-refractivity contribution in [2.24, 2.45) is 0 Å². The van der Waals surface area contributed by atoms with Crippen molar-refractivity contribution in [3.63, 3.8) is 0 Å². The first-order valence-corrected chi connectivity index (χ1v) is 6.08. The van der Waals surface area contributed by atoms with Crippen LogP contribution in [0, 0.1) is 0 Å². The summed E-state index contributed by atoms with van der Waals surface area (Å²) in [4.78, 5) is 11.8. The Bertz CT molecular complexity index is 463. The van der Waals surface area contributed by atoms with Crippen molar-refractivity contribution in [3.05, 3.63) is 28.8 Å². The van der Waals surface area contributed by atoms with Crippen LogP contribution in [0.5, 0.6) is 0 Å². The molecule has 0 unspecified atom stereocenters. The Balaban J connectivity index is 2.94. The van der Waals surface area contributed by atoms with Crippen molar-refractivity contribution >= 4 is 40.7 Å². The maximum Gasteiger partial charge on any atom is 0.339 e. The van der Waals surface area contributed by atoms with E-state index in [1.54, 1.807) is 32.0 Å². The van der Waals surface area contributed by atoms with Gasteiger partial charge in [-0.2, -0.15) is 0 Å². The van der Waals surface area contributed by atoms with Gasteiger partial charge >= 0.3 is 5.97 Å². The monoisotopic (exact) mass is 287 g/mol. The summed E-state index contributed by atoms with van der Waals surface area (Å²) in [5, 5.41) is 3.35. The molecule has 0 radical (unpaired) electrons. The lowest BCUT2D eigenvalue weighted by atomic mass is 10.2. The number of anilines is 1. The maximum absolute atomic E-state index is 11.8.